The third-order valence-electron chi connectivity index (χ3n) is 2.02. The van der Waals surface area contributed by atoms with Gasteiger partial charge in [-0.2, -0.15) is 0 Å². The number of nitrogens with zero attached hydrogens (tertiary/aromatic N) is 3. The lowest BCUT2D eigenvalue weighted by Crippen LogP contribution is -2.07. The van der Waals surface area contributed by atoms with E-state index in [-0.39, 0.29) is 0 Å². The Hall–Kier alpha value is -1.62. The fourth-order valence-corrected chi connectivity index (χ4v) is 1.34. The zero-order valence-electron chi connectivity index (χ0n) is 8.19. The number of ether oxygens (including phenoxy) is 1. The molecule has 0 unspecified atom stereocenters. The van der Waals surface area contributed by atoms with Crippen LogP contribution in [0.4, 0.5) is 0 Å². The molecule has 0 fully saturated rings. The van der Waals surface area contributed by atoms with Gasteiger partial charge in [0.15, 0.2) is 5.65 Å². The van der Waals surface area contributed by atoms with Crippen molar-refractivity contribution in [2.75, 3.05) is 14.2 Å². The van der Waals surface area contributed by atoms with Crippen LogP contribution in [0.5, 0.6) is 5.88 Å². The van der Waals surface area contributed by atoms with E-state index >= 15 is 0 Å². The number of aromatic nitrogens is 3. The number of hydrogen-bond donors (Lipinski definition) is 1. The fourth-order valence-electron chi connectivity index (χ4n) is 1.34. The van der Waals surface area contributed by atoms with Gasteiger partial charge >= 0.3 is 0 Å². The van der Waals surface area contributed by atoms with Gasteiger partial charge in [0.2, 0.25) is 5.88 Å². The maximum atomic E-state index is 5.04. The van der Waals surface area contributed by atoms with Crippen molar-refractivity contribution in [3.63, 3.8) is 0 Å². The molecule has 0 bridgehead atoms. The lowest BCUT2D eigenvalue weighted by atomic mass is 10.4. The van der Waals surface area contributed by atoms with Crippen LogP contribution in [0.2, 0.25) is 0 Å². The number of methoxy groups -OCH3 is 1. The van der Waals surface area contributed by atoms with Gasteiger partial charge in [-0.3, -0.25) is 4.40 Å². The van der Waals surface area contributed by atoms with E-state index in [0.29, 0.717) is 5.88 Å². The first-order chi connectivity index (χ1) is 6.85. The molecule has 2 aromatic heterocycles. The Kier molecular flexibility index (Phi) is 2.32. The largest absolute Gasteiger partial charge is 0.480 e. The smallest absolute Gasteiger partial charge is 0.230 e. The van der Waals surface area contributed by atoms with Crippen molar-refractivity contribution in [2.45, 2.75) is 6.54 Å². The summed E-state index contributed by atoms with van der Waals surface area (Å²) < 4.78 is 7.01. The molecule has 0 aliphatic carbocycles. The summed E-state index contributed by atoms with van der Waals surface area (Å²) in [6, 6.07) is 0. The summed E-state index contributed by atoms with van der Waals surface area (Å²) in [7, 11) is 3.50. The van der Waals surface area contributed by atoms with Gasteiger partial charge < -0.3 is 10.1 Å². The van der Waals surface area contributed by atoms with Crippen LogP contribution in [0.3, 0.4) is 0 Å². The number of imidazole rings is 1. The summed E-state index contributed by atoms with van der Waals surface area (Å²) in [5.74, 6) is 0.591. The zero-order valence-corrected chi connectivity index (χ0v) is 8.19. The second kappa shape index (κ2) is 3.63. The van der Waals surface area contributed by atoms with E-state index < -0.39 is 0 Å². The first-order valence-corrected chi connectivity index (χ1v) is 4.35. The highest BCUT2D eigenvalue weighted by molar-refractivity contribution is 5.38. The summed E-state index contributed by atoms with van der Waals surface area (Å²) in [6.45, 7) is 0.772. The molecule has 14 heavy (non-hydrogen) atoms. The van der Waals surface area contributed by atoms with E-state index in [1.54, 1.807) is 13.3 Å². The third kappa shape index (κ3) is 1.42. The predicted octanol–water partition coefficient (Wildman–Crippen LogP) is 0.457. The molecule has 0 aliphatic heterocycles. The molecular formula is C9H12N4O. The van der Waals surface area contributed by atoms with Gasteiger partial charge in [-0.1, -0.05) is 0 Å². The van der Waals surface area contributed by atoms with Crippen molar-refractivity contribution in [3.05, 3.63) is 24.3 Å². The lowest BCUT2D eigenvalue weighted by molar-refractivity contribution is 0.395. The molecule has 0 saturated carbocycles. The second-order valence-corrected chi connectivity index (χ2v) is 2.94. The van der Waals surface area contributed by atoms with Crippen molar-refractivity contribution in [2.24, 2.45) is 0 Å². The molecule has 74 valence electrons. The topological polar surface area (TPSA) is 51.5 Å². The molecule has 1 N–H and O–H groups in total. The third-order valence-corrected chi connectivity index (χ3v) is 2.02. The minimum atomic E-state index is 0.591. The molecule has 5 heteroatoms. The van der Waals surface area contributed by atoms with Crippen LogP contribution in [0.1, 0.15) is 5.69 Å². The van der Waals surface area contributed by atoms with E-state index in [9.17, 15) is 0 Å². The zero-order chi connectivity index (χ0) is 9.97. The Balaban J connectivity index is 2.52. The highest BCUT2D eigenvalue weighted by atomic mass is 16.5. The second-order valence-electron chi connectivity index (χ2n) is 2.94. The maximum absolute atomic E-state index is 5.04. The molecule has 2 heterocycles. The Bertz CT molecular complexity index is 437. The van der Waals surface area contributed by atoms with Crippen molar-refractivity contribution < 1.29 is 4.74 Å². The van der Waals surface area contributed by atoms with E-state index in [2.05, 4.69) is 15.3 Å². The van der Waals surface area contributed by atoms with Crippen LogP contribution in [0, 0.1) is 0 Å². The summed E-state index contributed by atoms with van der Waals surface area (Å²) in [5, 5.41) is 3.08. The molecule has 0 aromatic carbocycles. The average Bonchev–Trinajstić information content (AvgIpc) is 2.61. The predicted molar refractivity (Wildman–Crippen MR) is 52.3 cm³/mol. The van der Waals surface area contributed by atoms with Crippen molar-refractivity contribution in [3.8, 4) is 5.88 Å². The molecule has 0 amide bonds. The monoisotopic (exact) mass is 192 g/mol. The van der Waals surface area contributed by atoms with E-state index in [0.717, 1.165) is 17.9 Å². The molecule has 0 atom stereocenters. The summed E-state index contributed by atoms with van der Waals surface area (Å²) >= 11 is 0. The van der Waals surface area contributed by atoms with Gasteiger partial charge in [0, 0.05) is 6.54 Å². The van der Waals surface area contributed by atoms with Crippen molar-refractivity contribution in [1.82, 2.24) is 19.7 Å². The standard InChI is InChI=1S/C9H12N4O/c1-10-3-7-4-11-8-5-12-9(14-2)6-13(7)8/h4-6,10H,3H2,1-2H3. The highest BCUT2D eigenvalue weighted by Gasteiger charge is 2.03. The molecule has 0 aliphatic rings. The minimum Gasteiger partial charge on any atom is -0.480 e. The van der Waals surface area contributed by atoms with Gasteiger partial charge in [-0.15, -0.1) is 0 Å². The number of nitrogens with one attached hydrogen (secondary N) is 1. The van der Waals surface area contributed by atoms with Gasteiger partial charge in [0.25, 0.3) is 0 Å². The maximum Gasteiger partial charge on any atom is 0.230 e. The van der Waals surface area contributed by atoms with Crippen LogP contribution in [-0.4, -0.2) is 28.5 Å². The van der Waals surface area contributed by atoms with Crippen LogP contribution in [0.15, 0.2) is 18.6 Å². The quantitative estimate of drug-likeness (QED) is 0.767. The van der Waals surface area contributed by atoms with Crippen molar-refractivity contribution in [1.29, 1.82) is 0 Å². The molecular weight excluding hydrogens is 180 g/mol. The molecule has 0 radical (unpaired) electrons. The van der Waals surface area contributed by atoms with Crippen LogP contribution >= 0.6 is 0 Å². The molecule has 0 spiro atoms. The van der Waals surface area contributed by atoms with Gasteiger partial charge in [0.1, 0.15) is 0 Å². The lowest BCUT2D eigenvalue weighted by Gasteiger charge is -2.02. The minimum absolute atomic E-state index is 0.591. The molecule has 2 rings (SSSR count). The number of hydrogen-bond acceptors (Lipinski definition) is 4. The van der Waals surface area contributed by atoms with Crippen molar-refractivity contribution >= 4 is 5.65 Å². The molecule has 2 aromatic rings. The first-order valence-electron chi connectivity index (χ1n) is 4.35. The van der Waals surface area contributed by atoms with Crippen LogP contribution in [-0.2, 0) is 6.54 Å². The van der Waals surface area contributed by atoms with Gasteiger partial charge in [-0.25, -0.2) is 9.97 Å². The Labute approximate surface area is 81.7 Å². The summed E-state index contributed by atoms with van der Waals surface area (Å²) in [5.41, 5.74) is 1.92. The Morgan fingerprint density at radius 2 is 2.29 bits per heavy atom. The number of rotatable bonds is 3. The van der Waals surface area contributed by atoms with Gasteiger partial charge in [-0.05, 0) is 7.05 Å². The molecule has 0 saturated heterocycles. The van der Waals surface area contributed by atoms with E-state index in [1.165, 1.54) is 0 Å². The first kappa shape index (κ1) is 8.96. The highest BCUT2D eigenvalue weighted by Crippen LogP contribution is 2.10. The van der Waals surface area contributed by atoms with Crippen LogP contribution in [0.25, 0.3) is 5.65 Å². The molecule has 5 nitrogen and oxygen atoms in total. The van der Waals surface area contributed by atoms with E-state index in [4.69, 9.17) is 4.74 Å². The SMILES string of the molecule is CNCc1cnc2cnc(OC)cn12. The Morgan fingerprint density at radius 3 is 3.00 bits per heavy atom. The van der Waals surface area contributed by atoms with Crippen LogP contribution < -0.4 is 10.1 Å². The fraction of sp³-hybridized carbons (Fsp3) is 0.333. The summed E-state index contributed by atoms with van der Waals surface area (Å²) in [6.07, 6.45) is 5.35. The van der Waals surface area contributed by atoms with E-state index in [1.807, 2.05) is 23.8 Å². The normalized spacial score (nSPS) is 10.7. The number of fused-ring (bicyclic) bond motifs is 1. The average molecular weight is 192 g/mol. The van der Waals surface area contributed by atoms with Gasteiger partial charge in [0.05, 0.1) is 31.4 Å². The summed E-state index contributed by atoms with van der Waals surface area (Å²) in [4.78, 5) is 8.29. The Morgan fingerprint density at radius 1 is 1.43 bits per heavy atom.